The lowest BCUT2D eigenvalue weighted by atomic mass is 9.90. The van der Waals surface area contributed by atoms with Crippen molar-refractivity contribution in [3.05, 3.63) is 149 Å². The minimum absolute atomic E-state index is 0. The number of phenolic OH excluding ortho intramolecular Hbond substituents is 2. The fourth-order valence-corrected chi connectivity index (χ4v) is 5.13. The van der Waals surface area contributed by atoms with Crippen molar-refractivity contribution in [3.8, 4) is 11.5 Å². The standard InChI is InChI=1S/C20H19N3.C18H20O2.ClH/c1-13-12-16(6-11-19(13)23)20(14-2-7-17(21)8-3-14)15-4-9-18(22)10-5-15;1-3-17(13-5-9-15(19)10-6-13)18(4-2)14-7-11-16(20)12-8-14;/h2-12,21H,22-23H2,1H3;5-12,19-20H,3-4H2,1-2H3;1H/b;18-17+;. The zero-order chi connectivity index (χ0) is 30.9. The van der Waals surface area contributed by atoms with E-state index in [1.54, 1.807) is 36.4 Å². The SMILES string of the molecule is CC/C(=C(/CC)c1ccc(O)cc1)c1ccc(O)cc1.Cc1cc(C(=C2C=CC(=N)C=C2)c2ccc(N)cc2)ccc1N.Cl. The van der Waals surface area contributed by atoms with E-state index in [1.165, 1.54) is 11.1 Å². The van der Waals surface area contributed by atoms with Crippen LogP contribution in [0, 0.1) is 12.3 Å². The normalized spacial score (nSPS) is 12.5. The first-order valence-corrected chi connectivity index (χ1v) is 14.4. The number of anilines is 2. The van der Waals surface area contributed by atoms with Crippen molar-refractivity contribution >= 4 is 46.2 Å². The van der Waals surface area contributed by atoms with Crippen LogP contribution < -0.4 is 11.5 Å². The van der Waals surface area contributed by atoms with Gasteiger partial charge in [0, 0.05) is 11.4 Å². The van der Waals surface area contributed by atoms with Gasteiger partial charge < -0.3 is 27.1 Å². The molecule has 44 heavy (non-hydrogen) atoms. The third-order valence-electron chi connectivity index (χ3n) is 7.43. The smallest absolute Gasteiger partial charge is 0.115 e. The Morgan fingerprint density at radius 3 is 1.48 bits per heavy atom. The van der Waals surface area contributed by atoms with Crippen molar-refractivity contribution in [1.82, 2.24) is 0 Å². The van der Waals surface area contributed by atoms with Crippen molar-refractivity contribution in [1.29, 1.82) is 5.41 Å². The highest BCUT2D eigenvalue weighted by atomic mass is 35.5. The zero-order valence-electron chi connectivity index (χ0n) is 25.3. The maximum atomic E-state index is 9.41. The third-order valence-corrected chi connectivity index (χ3v) is 7.43. The minimum atomic E-state index is 0. The van der Waals surface area contributed by atoms with Crippen LogP contribution in [0.2, 0.25) is 0 Å². The molecule has 1 aliphatic carbocycles. The van der Waals surface area contributed by atoms with E-state index in [1.807, 2.05) is 79.7 Å². The largest absolute Gasteiger partial charge is 0.508 e. The van der Waals surface area contributed by atoms with Crippen LogP contribution in [0.5, 0.6) is 11.5 Å². The number of allylic oxidation sites excluding steroid dienone is 7. The highest BCUT2D eigenvalue weighted by Crippen LogP contribution is 2.33. The minimum Gasteiger partial charge on any atom is -0.508 e. The summed E-state index contributed by atoms with van der Waals surface area (Å²) in [6.07, 6.45) is 9.40. The molecule has 7 N–H and O–H groups in total. The first kappa shape index (κ1) is 33.5. The first-order valence-electron chi connectivity index (χ1n) is 14.4. The Kier molecular flexibility index (Phi) is 11.8. The van der Waals surface area contributed by atoms with Gasteiger partial charge in [0.15, 0.2) is 0 Å². The van der Waals surface area contributed by atoms with Gasteiger partial charge in [-0.25, -0.2) is 0 Å². The lowest BCUT2D eigenvalue weighted by Crippen LogP contribution is -1.99. The number of nitrogens with two attached hydrogens (primary N) is 2. The molecule has 0 radical (unpaired) electrons. The lowest BCUT2D eigenvalue weighted by Gasteiger charge is -2.15. The summed E-state index contributed by atoms with van der Waals surface area (Å²) < 4.78 is 0. The van der Waals surface area contributed by atoms with Crippen molar-refractivity contribution in [2.24, 2.45) is 0 Å². The fourth-order valence-electron chi connectivity index (χ4n) is 5.13. The van der Waals surface area contributed by atoms with Gasteiger partial charge in [-0.2, -0.15) is 0 Å². The Morgan fingerprint density at radius 1 is 0.614 bits per heavy atom. The molecule has 4 aromatic rings. The Morgan fingerprint density at radius 2 is 1.05 bits per heavy atom. The van der Waals surface area contributed by atoms with Crippen molar-refractivity contribution < 1.29 is 10.2 Å². The lowest BCUT2D eigenvalue weighted by molar-refractivity contribution is 0.474. The van der Waals surface area contributed by atoms with Crippen LogP contribution in [0.4, 0.5) is 11.4 Å². The number of aryl methyl sites for hydroxylation is 1. The number of halogens is 1. The molecule has 5 nitrogen and oxygen atoms in total. The average Bonchev–Trinajstić information content (AvgIpc) is 3.01. The Hall–Kier alpha value is -5.00. The molecule has 226 valence electrons. The fraction of sp³-hybridized carbons (Fsp3) is 0.132. The molecule has 1 aliphatic rings. The maximum absolute atomic E-state index is 9.41. The van der Waals surface area contributed by atoms with Crippen molar-refractivity contribution in [2.75, 3.05) is 11.5 Å². The molecule has 0 fully saturated rings. The van der Waals surface area contributed by atoms with Gasteiger partial charge in [0.2, 0.25) is 0 Å². The van der Waals surface area contributed by atoms with Gasteiger partial charge in [-0.05, 0) is 131 Å². The van der Waals surface area contributed by atoms with Gasteiger partial charge in [-0.1, -0.05) is 68.5 Å². The second-order valence-electron chi connectivity index (χ2n) is 10.4. The maximum Gasteiger partial charge on any atom is 0.115 e. The summed E-state index contributed by atoms with van der Waals surface area (Å²) in [6, 6.07) is 28.6. The van der Waals surface area contributed by atoms with Gasteiger partial charge in [0.05, 0.1) is 5.71 Å². The molecule has 0 atom stereocenters. The summed E-state index contributed by atoms with van der Waals surface area (Å²) in [5.74, 6) is 0.568. The van der Waals surface area contributed by atoms with Gasteiger partial charge in [0.1, 0.15) is 11.5 Å². The van der Waals surface area contributed by atoms with Crippen molar-refractivity contribution in [2.45, 2.75) is 33.6 Å². The molecular formula is C38H40ClN3O2. The highest BCUT2D eigenvalue weighted by Gasteiger charge is 2.12. The predicted molar refractivity (Wildman–Crippen MR) is 189 cm³/mol. The van der Waals surface area contributed by atoms with Crippen LogP contribution in [-0.4, -0.2) is 15.9 Å². The molecule has 0 saturated carbocycles. The van der Waals surface area contributed by atoms with Crippen LogP contribution in [0.1, 0.15) is 54.5 Å². The van der Waals surface area contributed by atoms with Crippen molar-refractivity contribution in [3.63, 3.8) is 0 Å². The molecule has 0 aromatic heterocycles. The summed E-state index contributed by atoms with van der Waals surface area (Å²) >= 11 is 0. The molecule has 4 aromatic carbocycles. The third kappa shape index (κ3) is 8.30. The van der Waals surface area contributed by atoms with E-state index in [4.69, 9.17) is 16.9 Å². The average molecular weight is 606 g/mol. The van der Waals surface area contributed by atoms with E-state index < -0.39 is 0 Å². The number of aromatic hydroxyl groups is 2. The van der Waals surface area contributed by atoms with E-state index in [-0.39, 0.29) is 23.9 Å². The van der Waals surface area contributed by atoms with Crippen LogP contribution in [0.3, 0.4) is 0 Å². The Bertz CT molecular complexity index is 1640. The number of phenols is 2. The predicted octanol–water partition coefficient (Wildman–Crippen LogP) is 9.36. The molecule has 6 heteroatoms. The molecule has 0 aliphatic heterocycles. The summed E-state index contributed by atoms with van der Waals surface area (Å²) in [6.45, 7) is 6.28. The number of nitrogen functional groups attached to an aromatic ring is 2. The van der Waals surface area contributed by atoms with E-state index in [2.05, 4.69) is 19.9 Å². The number of nitrogens with one attached hydrogen (secondary N) is 1. The number of rotatable bonds is 6. The van der Waals surface area contributed by atoms with Gasteiger partial charge in [-0.15, -0.1) is 12.4 Å². The summed E-state index contributed by atoms with van der Waals surface area (Å²) in [5.41, 5.74) is 24.0. The van der Waals surface area contributed by atoms with E-state index >= 15 is 0 Å². The van der Waals surface area contributed by atoms with Gasteiger partial charge in [0.25, 0.3) is 0 Å². The van der Waals surface area contributed by atoms with Crippen LogP contribution in [0.15, 0.2) is 121 Å². The summed E-state index contributed by atoms with van der Waals surface area (Å²) in [4.78, 5) is 0. The molecule has 0 amide bonds. The van der Waals surface area contributed by atoms with E-state index in [0.717, 1.165) is 63.2 Å². The topological polar surface area (TPSA) is 116 Å². The molecule has 0 saturated heterocycles. The Balaban J connectivity index is 0.000000238. The van der Waals surface area contributed by atoms with Crippen LogP contribution >= 0.6 is 12.4 Å². The zero-order valence-corrected chi connectivity index (χ0v) is 26.2. The van der Waals surface area contributed by atoms with E-state index in [0.29, 0.717) is 5.71 Å². The molecular weight excluding hydrogens is 566 g/mol. The highest BCUT2D eigenvalue weighted by molar-refractivity contribution is 6.05. The van der Waals surface area contributed by atoms with Gasteiger partial charge in [-0.3, -0.25) is 0 Å². The van der Waals surface area contributed by atoms with Gasteiger partial charge >= 0.3 is 0 Å². The van der Waals surface area contributed by atoms with Crippen LogP contribution in [-0.2, 0) is 0 Å². The Labute approximate surface area is 266 Å². The quantitative estimate of drug-likeness (QED) is 0.111. The summed E-state index contributed by atoms with van der Waals surface area (Å²) in [5, 5.41) is 26.5. The number of hydrogen-bond acceptors (Lipinski definition) is 5. The second-order valence-corrected chi connectivity index (χ2v) is 10.4. The molecule has 0 unspecified atom stereocenters. The van der Waals surface area contributed by atoms with Crippen LogP contribution in [0.25, 0.3) is 16.7 Å². The molecule has 0 bridgehead atoms. The monoisotopic (exact) mass is 605 g/mol. The van der Waals surface area contributed by atoms with E-state index in [9.17, 15) is 10.2 Å². The number of benzene rings is 4. The second kappa shape index (κ2) is 15.5. The molecule has 0 heterocycles. The summed E-state index contributed by atoms with van der Waals surface area (Å²) in [7, 11) is 0. The molecule has 0 spiro atoms. The first-order chi connectivity index (χ1) is 20.7. The molecule has 5 rings (SSSR count). The number of hydrogen-bond donors (Lipinski definition) is 5.